The molecule has 0 saturated heterocycles. The van der Waals surface area contributed by atoms with E-state index in [1.165, 1.54) is 31.0 Å². The fourth-order valence-electron chi connectivity index (χ4n) is 2.70. The number of nitrogens with one attached hydrogen (secondary N) is 2. The molecule has 0 spiro atoms. The number of thioether (sulfide) groups is 1. The van der Waals surface area contributed by atoms with Crippen LogP contribution in [0.4, 0.5) is 4.79 Å². The Balaban J connectivity index is 2.32. The van der Waals surface area contributed by atoms with Gasteiger partial charge in [-0.1, -0.05) is 0 Å². The molecule has 0 saturated carbocycles. The molecule has 0 aromatic heterocycles. The van der Waals surface area contributed by atoms with Crippen LogP contribution in [-0.4, -0.2) is 71.9 Å². The number of aromatic hydroxyl groups is 1. The molecule has 1 aliphatic rings. The molecule has 2 rings (SSSR count). The molecule has 172 valence electrons. The summed E-state index contributed by atoms with van der Waals surface area (Å²) >= 11 is 1.30. The van der Waals surface area contributed by atoms with Crippen LogP contribution in [0, 0.1) is 0 Å². The second-order valence-corrected chi connectivity index (χ2v) is 8.90. The first-order valence-electron chi connectivity index (χ1n) is 9.59. The molecule has 1 heterocycles. The number of amides is 2. The van der Waals surface area contributed by atoms with Crippen LogP contribution < -0.4 is 15.4 Å². The highest BCUT2D eigenvalue weighted by molar-refractivity contribution is 7.98. The first-order valence-corrected chi connectivity index (χ1v) is 10.7. The molecule has 0 unspecified atom stereocenters. The van der Waals surface area contributed by atoms with E-state index in [9.17, 15) is 24.6 Å². The van der Waals surface area contributed by atoms with E-state index in [-0.39, 0.29) is 29.4 Å². The van der Waals surface area contributed by atoms with Gasteiger partial charge in [0.25, 0.3) is 0 Å². The fraction of sp³-hybridized carbons (Fsp3) is 0.550. The summed E-state index contributed by atoms with van der Waals surface area (Å²) in [6.45, 7) is 4.20. The number of phenols is 1. The Hall–Kier alpha value is -2.66. The van der Waals surface area contributed by atoms with Crippen molar-refractivity contribution in [2.75, 3.05) is 26.1 Å². The molecule has 1 aromatic rings. The number of fused-ring (bicyclic) bond motifs is 1. The lowest BCUT2D eigenvalue weighted by Crippen LogP contribution is -2.54. The van der Waals surface area contributed by atoms with Crippen LogP contribution in [0.1, 0.15) is 36.7 Å². The number of esters is 1. The third-order valence-electron chi connectivity index (χ3n) is 4.18. The maximum Gasteiger partial charge on any atom is 0.408 e. The third kappa shape index (κ3) is 7.21. The molecular weight excluding hydrogens is 428 g/mol. The van der Waals surface area contributed by atoms with Gasteiger partial charge in [0, 0.05) is 23.1 Å². The second kappa shape index (κ2) is 10.6. The van der Waals surface area contributed by atoms with Crippen molar-refractivity contribution in [3.63, 3.8) is 0 Å². The van der Waals surface area contributed by atoms with Crippen LogP contribution in [0.3, 0.4) is 0 Å². The van der Waals surface area contributed by atoms with Crippen LogP contribution in [0.2, 0.25) is 0 Å². The van der Waals surface area contributed by atoms with Gasteiger partial charge < -0.3 is 35.1 Å². The van der Waals surface area contributed by atoms with Gasteiger partial charge in [0.1, 0.15) is 29.7 Å². The van der Waals surface area contributed by atoms with E-state index in [2.05, 4.69) is 10.6 Å². The SMILES string of the molecule is COc1cc(O)c2c(c1)C(=O)OC[C@H](NC(=O)OC(C)(C)C)C(=O)N[C@H](CO)CSC2. The van der Waals surface area contributed by atoms with Crippen molar-refractivity contribution < 1.29 is 38.8 Å². The Morgan fingerprint density at radius 2 is 2.06 bits per heavy atom. The molecule has 10 nitrogen and oxygen atoms in total. The smallest absolute Gasteiger partial charge is 0.408 e. The van der Waals surface area contributed by atoms with E-state index in [4.69, 9.17) is 14.2 Å². The quantitative estimate of drug-likeness (QED) is 0.493. The summed E-state index contributed by atoms with van der Waals surface area (Å²) in [4.78, 5) is 37.5. The van der Waals surface area contributed by atoms with Gasteiger partial charge in [0.05, 0.1) is 25.3 Å². The van der Waals surface area contributed by atoms with E-state index in [0.29, 0.717) is 11.3 Å². The normalized spacial score (nSPS) is 20.3. The Morgan fingerprint density at radius 1 is 1.35 bits per heavy atom. The largest absolute Gasteiger partial charge is 0.507 e. The Morgan fingerprint density at radius 3 is 2.68 bits per heavy atom. The minimum absolute atomic E-state index is 0.0851. The van der Waals surface area contributed by atoms with E-state index >= 15 is 0 Å². The van der Waals surface area contributed by atoms with Crippen molar-refractivity contribution in [2.45, 2.75) is 44.2 Å². The number of ether oxygens (including phenoxy) is 3. The van der Waals surface area contributed by atoms with Crippen molar-refractivity contribution in [3.05, 3.63) is 23.3 Å². The zero-order valence-electron chi connectivity index (χ0n) is 17.9. The molecule has 2 atom stereocenters. The van der Waals surface area contributed by atoms with Crippen molar-refractivity contribution in [1.29, 1.82) is 0 Å². The summed E-state index contributed by atoms with van der Waals surface area (Å²) in [5.41, 5.74) is -0.363. The summed E-state index contributed by atoms with van der Waals surface area (Å²) in [5, 5.41) is 25.0. The predicted octanol–water partition coefficient (Wildman–Crippen LogP) is 1.17. The molecule has 0 bridgehead atoms. The number of cyclic esters (lactones) is 1. The monoisotopic (exact) mass is 456 g/mol. The Bertz CT molecular complexity index is 824. The lowest BCUT2D eigenvalue weighted by Gasteiger charge is -2.25. The second-order valence-electron chi connectivity index (χ2n) is 7.87. The van der Waals surface area contributed by atoms with E-state index in [0.717, 1.165) is 0 Å². The van der Waals surface area contributed by atoms with Gasteiger partial charge in [0.15, 0.2) is 0 Å². The zero-order chi connectivity index (χ0) is 23.2. The molecule has 1 aliphatic heterocycles. The van der Waals surface area contributed by atoms with E-state index < -0.39 is 42.3 Å². The summed E-state index contributed by atoms with van der Waals surface area (Å²) in [6.07, 6.45) is -0.856. The fourth-order valence-corrected chi connectivity index (χ4v) is 3.80. The van der Waals surface area contributed by atoms with Crippen molar-refractivity contribution in [1.82, 2.24) is 10.6 Å². The average molecular weight is 457 g/mol. The van der Waals surface area contributed by atoms with Crippen LogP contribution in [-0.2, 0) is 20.0 Å². The lowest BCUT2D eigenvalue weighted by atomic mass is 10.1. The topological polar surface area (TPSA) is 143 Å². The van der Waals surface area contributed by atoms with Gasteiger partial charge in [-0.15, -0.1) is 0 Å². The number of hydrogen-bond donors (Lipinski definition) is 4. The van der Waals surface area contributed by atoms with Crippen LogP contribution in [0.15, 0.2) is 12.1 Å². The molecule has 0 aliphatic carbocycles. The summed E-state index contributed by atoms with van der Waals surface area (Å²) in [6, 6.07) is 0.958. The Labute approximate surface area is 184 Å². The van der Waals surface area contributed by atoms with Crippen LogP contribution >= 0.6 is 11.8 Å². The van der Waals surface area contributed by atoms with E-state index in [1.807, 2.05) is 0 Å². The standard InChI is InChI=1S/C20H28N2O8S/c1-20(2,3)30-19(27)22-15-8-29-18(26)13-5-12(28-4)6-16(24)14(13)10-31-9-11(7-23)21-17(15)25/h5-6,11,15,23-24H,7-10H2,1-4H3,(H,21,25)(H,22,27)/t11-,15+/m1/s1. The predicted molar refractivity (Wildman–Crippen MR) is 113 cm³/mol. The number of methoxy groups -OCH3 is 1. The molecular formula is C20H28N2O8S. The Kier molecular flexibility index (Phi) is 8.40. The van der Waals surface area contributed by atoms with Crippen molar-refractivity contribution in [3.8, 4) is 11.5 Å². The number of benzene rings is 1. The minimum Gasteiger partial charge on any atom is -0.507 e. The van der Waals surface area contributed by atoms with Gasteiger partial charge in [-0.2, -0.15) is 11.8 Å². The number of aliphatic hydroxyl groups is 1. The highest BCUT2D eigenvalue weighted by Crippen LogP contribution is 2.32. The number of rotatable bonds is 3. The lowest BCUT2D eigenvalue weighted by molar-refractivity contribution is -0.125. The summed E-state index contributed by atoms with van der Waals surface area (Å²) in [7, 11) is 1.40. The van der Waals surface area contributed by atoms with Crippen LogP contribution in [0.5, 0.6) is 11.5 Å². The summed E-state index contributed by atoms with van der Waals surface area (Å²) in [5.74, 6) is -0.739. The van der Waals surface area contributed by atoms with Gasteiger partial charge in [0.2, 0.25) is 5.91 Å². The maximum atomic E-state index is 12.7. The van der Waals surface area contributed by atoms with Gasteiger partial charge in [-0.05, 0) is 26.8 Å². The number of alkyl carbamates (subject to hydrolysis) is 1. The number of hydrogen-bond acceptors (Lipinski definition) is 9. The molecule has 0 fully saturated rings. The number of aliphatic hydroxyl groups excluding tert-OH is 1. The van der Waals surface area contributed by atoms with Crippen LogP contribution in [0.25, 0.3) is 0 Å². The van der Waals surface area contributed by atoms with E-state index in [1.54, 1.807) is 20.8 Å². The number of phenolic OH excluding ortho intramolecular Hbond substituents is 1. The van der Waals surface area contributed by atoms with Gasteiger partial charge in [-0.25, -0.2) is 9.59 Å². The first-order chi connectivity index (χ1) is 14.5. The number of carbonyl (C=O) groups excluding carboxylic acids is 3. The maximum absolute atomic E-state index is 12.7. The molecule has 1 aromatic carbocycles. The summed E-state index contributed by atoms with van der Waals surface area (Å²) < 4.78 is 15.5. The third-order valence-corrected chi connectivity index (χ3v) is 5.31. The molecule has 31 heavy (non-hydrogen) atoms. The number of carbonyl (C=O) groups is 3. The molecule has 2 amide bonds. The van der Waals surface area contributed by atoms with Crippen molar-refractivity contribution >= 4 is 29.7 Å². The highest BCUT2D eigenvalue weighted by atomic mass is 32.2. The highest BCUT2D eigenvalue weighted by Gasteiger charge is 2.29. The zero-order valence-corrected chi connectivity index (χ0v) is 18.7. The van der Waals surface area contributed by atoms with Crippen molar-refractivity contribution in [2.24, 2.45) is 0 Å². The first kappa shape index (κ1) is 24.6. The van der Waals surface area contributed by atoms with Gasteiger partial charge >= 0.3 is 12.1 Å². The minimum atomic E-state index is -1.25. The average Bonchev–Trinajstić information content (AvgIpc) is 2.68. The molecule has 4 N–H and O–H groups in total. The van der Waals surface area contributed by atoms with Gasteiger partial charge in [-0.3, -0.25) is 4.79 Å². The molecule has 0 radical (unpaired) electrons. The molecule has 11 heteroatoms.